The average Bonchev–Trinajstić information content (AvgIpc) is 2.78. The highest BCUT2D eigenvalue weighted by molar-refractivity contribution is 7.92. The van der Waals surface area contributed by atoms with E-state index >= 15 is 0 Å². The third-order valence-corrected chi connectivity index (χ3v) is 6.95. The van der Waals surface area contributed by atoms with Crippen LogP contribution >= 0.6 is 0 Å². The van der Waals surface area contributed by atoms with Crippen LogP contribution in [0.1, 0.15) is 42.9 Å². The standard InChI is InChI=1S/C25H35N3O4S/c1-6-23(25(30)26-4)27(18-21-11-8-7-9-12-21)24(29)13-10-16-28(33(5,31)32)22-15-14-19(2)20(3)17-22/h7-9,11-12,14-15,17,23H,6,10,13,16,18H2,1-5H3,(H,26,30). The van der Waals surface area contributed by atoms with Gasteiger partial charge in [-0.2, -0.15) is 0 Å². The maximum Gasteiger partial charge on any atom is 0.242 e. The van der Waals surface area contributed by atoms with Gasteiger partial charge in [0.25, 0.3) is 0 Å². The molecule has 8 heteroatoms. The lowest BCUT2D eigenvalue weighted by Gasteiger charge is -2.30. The number of amides is 2. The Morgan fingerprint density at radius 3 is 2.24 bits per heavy atom. The van der Waals surface area contributed by atoms with Crippen LogP contribution < -0.4 is 9.62 Å². The predicted octanol–water partition coefficient (Wildman–Crippen LogP) is 3.40. The predicted molar refractivity (Wildman–Crippen MR) is 132 cm³/mol. The first kappa shape index (κ1) is 26.4. The van der Waals surface area contributed by atoms with Crippen molar-refractivity contribution in [3.63, 3.8) is 0 Å². The van der Waals surface area contributed by atoms with Crippen LogP contribution in [0, 0.1) is 13.8 Å². The summed E-state index contributed by atoms with van der Waals surface area (Å²) in [4.78, 5) is 27.2. The minimum Gasteiger partial charge on any atom is -0.357 e. The first-order valence-electron chi connectivity index (χ1n) is 11.2. The minimum absolute atomic E-state index is 0.136. The van der Waals surface area contributed by atoms with E-state index in [1.54, 1.807) is 18.0 Å². The maximum absolute atomic E-state index is 13.2. The number of hydrogen-bond acceptors (Lipinski definition) is 4. The largest absolute Gasteiger partial charge is 0.357 e. The molecule has 180 valence electrons. The smallest absolute Gasteiger partial charge is 0.242 e. The Kier molecular flexibility index (Phi) is 9.46. The van der Waals surface area contributed by atoms with E-state index < -0.39 is 16.1 Å². The van der Waals surface area contributed by atoms with E-state index in [0.717, 1.165) is 16.7 Å². The van der Waals surface area contributed by atoms with Crippen LogP contribution in [0.2, 0.25) is 0 Å². The highest BCUT2D eigenvalue weighted by Crippen LogP contribution is 2.22. The molecule has 0 fully saturated rings. The molecule has 0 aliphatic carbocycles. The van der Waals surface area contributed by atoms with Crippen LogP contribution in [-0.4, -0.2) is 51.0 Å². The number of anilines is 1. The van der Waals surface area contributed by atoms with Gasteiger partial charge in [0, 0.05) is 26.6 Å². The molecule has 0 bridgehead atoms. The van der Waals surface area contributed by atoms with Crippen LogP contribution in [0.4, 0.5) is 5.69 Å². The zero-order chi connectivity index (χ0) is 24.6. The molecule has 0 radical (unpaired) electrons. The zero-order valence-electron chi connectivity index (χ0n) is 20.2. The number of likely N-dealkylation sites (N-methyl/N-ethyl adjacent to an activating group) is 1. The molecule has 0 aromatic heterocycles. The Morgan fingerprint density at radius 1 is 1.03 bits per heavy atom. The number of aryl methyl sites for hydroxylation is 2. The van der Waals surface area contributed by atoms with Crippen molar-refractivity contribution in [1.29, 1.82) is 0 Å². The molecular weight excluding hydrogens is 438 g/mol. The second-order valence-electron chi connectivity index (χ2n) is 8.25. The molecule has 33 heavy (non-hydrogen) atoms. The van der Waals surface area contributed by atoms with Gasteiger partial charge in [0.05, 0.1) is 11.9 Å². The summed E-state index contributed by atoms with van der Waals surface area (Å²) in [5.74, 6) is -0.391. The lowest BCUT2D eigenvalue weighted by atomic mass is 10.1. The molecule has 0 aliphatic rings. The van der Waals surface area contributed by atoms with Gasteiger partial charge >= 0.3 is 0 Å². The topological polar surface area (TPSA) is 86.8 Å². The fourth-order valence-corrected chi connectivity index (χ4v) is 4.71. The zero-order valence-corrected chi connectivity index (χ0v) is 21.0. The summed E-state index contributed by atoms with van der Waals surface area (Å²) in [5.41, 5.74) is 3.61. The first-order valence-corrected chi connectivity index (χ1v) is 13.0. The van der Waals surface area contributed by atoms with Crippen molar-refractivity contribution < 1.29 is 18.0 Å². The molecule has 0 saturated carbocycles. The van der Waals surface area contributed by atoms with Crippen molar-refractivity contribution in [2.24, 2.45) is 0 Å². The number of sulfonamides is 1. The Balaban J connectivity index is 2.18. The van der Waals surface area contributed by atoms with E-state index in [1.807, 2.05) is 63.2 Å². The van der Waals surface area contributed by atoms with Gasteiger partial charge in [-0.25, -0.2) is 8.42 Å². The van der Waals surface area contributed by atoms with Crippen molar-refractivity contribution in [2.45, 2.75) is 52.6 Å². The normalized spacial score (nSPS) is 12.2. The summed E-state index contributed by atoms with van der Waals surface area (Å²) in [7, 11) is -1.95. The fraction of sp³-hybridized carbons (Fsp3) is 0.440. The second kappa shape index (κ2) is 11.8. The van der Waals surface area contributed by atoms with Crippen LogP contribution in [0.3, 0.4) is 0 Å². The third-order valence-electron chi connectivity index (χ3n) is 5.76. The molecule has 2 amide bonds. The minimum atomic E-state index is -3.51. The van der Waals surface area contributed by atoms with E-state index in [4.69, 9.17) is 0 Å². The molecule has 2 rings (SSSR count). The number of nitrogens with one attached hydrogen (secondary N) is 1. The van der Waals surface area contributed by atoms with Gasteiger partial charge in [0.2, 0.25) is 21.8 Å². The Morgan fingerprint density at radius 2 is 1.70 bits per heavy atom. The van der Waals surface area contributed by atoms with Crippen LogP contribution in [-0.2, 0) is 26.2 Å². The number of nitrogens with zero attached hydrogens (tertiary/aromatic N) is 2. The molecule has 1 unspecified atom stereocenters. The van der Waals surface area contributed by atoms with Gasteiger partial charge in [-0.3, -0.25) is 13.9 Å². The van der Waals surface area contributed by atoms with E-state index in [0.29, 0.717) is 25.1 Å². The highest BCUT2D eigenvalue weighted by Gasteiger charge is 2.28. The van der Waals surface area contributed by atoms with Gasteiger partial charge < -0.3 is 10.2 Å². The Bertz CT molecular complexity index is 1050. The van der Waals surface area contributed by atoms with Crippen molar-refractivity contribution in [2.75, 3.05) is 24.2 Å². The van der Waals surface area contributed by atoms with Crippen molar-refractivity contribution >= 4 is 27.5 Å². The molecule has 0 aliphatic heterocycles. The summed E-state index contributed by atoms with van der Waals surface area (Å²) >= 11 is 0. The van der Waals surface area contributed by atoms with Crippen LogP contribution in [0.5, 0.6) is 0 Å². The van der Waals surface area contributed by atoms with Crippen molar-refractivity contribution in [3.05, 3.63) is 65.2 Å². The van der Waals surface area contributed by atoms with Crippen molar-refractivity contribution in [3.8, 4) is 0 Å². The van der Waals surface area contributed by atoms with Gasteiger partial charge in [0.1, 0.15) is 6.04 Å². The van der Waals surface area contributed by atoms with Crippen LogP contribution in [0.15, 0.2) is 48.5 Å². The van der Waals surface area contributed by atoms with Gasteiger partial charge in [-0.1, -0.05) is 43.3 Å². The Hall–Kier alpha value is -2.87. The lowest BCUT2D eigenvalue weighted by molar-refractivity contribution is -0.141. The summed E-state index contributed by atoms with van der Waals surface area (Å²) in [5, 5.41) is 2.64. The molecule has 0 heterocycles. The highest BCUT2D eigenvalue weighted by atomic mass is 32.2. The van der Waals surface area contributed by atoms with E-state index in [1.165, 1.54) is 10.6 Å². The molecule has 0 saturated heterocycles. The maximum atomic E-state index is 13.2. The van der Waals surface area contributed by atoms with Gasteiger partial charge in [-0.15, -0.1) is 0 Å². The second-order valence-corrected chi connectivity index (χ2v) is 10.2. The average molecular weight is 474 g/mol. The quantitative estimate of drug-likeness (QED) is 0.542. The summed E-state index contributed by atoms with van der Waals surface area (Å²) < 4.78 is 26.2. The molecule has 1 atom stereocenters. The van der Waals surface area contributed by atoms with Gasteiger partial charge in [-0.05, 0) is 55.5 Å². The summed E-state index contributed by atoms with van der Waals surface area (Å²) in [6.07, 6.45) is 2.13. The fourth-order valence-electron chi connectivity index (χ4n) is 3.75. The molecule has 0 spiro atoms. The molecule has 1 N–H and O–H groups in total. The number of carbonyl (C=O) groups is 2. The number of rotatable bonds is 11. The molecule has 7 nitrogen and oxygen atoms in total. The summed E-state index contributed by atoms with van der Waals surface area (Å²) in [6, 6.07) is 14.5. The first-order chi connectivity index (χ1) is 15.6. The number of hydrogen-bond donors (Lipinski definition) is 1. The number of carbonyl (C=O) groups excluding carboxylic acids is 2. The molecule has 2 aromatic carbocycles. The lowest BCUT2D eigenvalue weighted by Crippen LogP contribution is -2.48. The number of benzene rings is 2. The third kappa shape index (κ3) is 7.32. The van der Waals surface area contributed by atoms with E-state index in [-0.39, 0.29) is 24.8 Å². The van der Waals surface area contributed by atoms with E-state index in [9.17, 15) is 18.0 Å². The molecular formula is C25H35N3O4S. The Labute approximate surface area is 197 Å². The van der Waals surface area contributed by atoms with Crippen molar-refractivity contribution in [1.82, 2.24) is 10.2 Å². The van der Waals surface area contributed by atoms with E-state index in [2.05, 4.69) is 5.32 Å². The van der Waals surface area contributed by atoms with Crippen LogP contribution in [0.25, 0.3) is 0 Å². The monoisotopic (exact) mass is 473 g/mol. The molecule has 2 aromatic rings. The SMILES string of the molecule is CCC(C(=O)NC)N(Cc1ccccc1)C(=O)CCCN(c1ccc(C)c(C)c1)S(C)(=O)=O. The van der Waals surface area contributed by atoms with Gasteiger partial charge in [0.15, 0.2) is 0 Å². The summed E-state index contributed by atoms with van der Waals surface area (Å²) in [6.45, 7) is 6.28.